The molecule has 6 atom stereocenters. The lowest BCUT2D eigenvalue weighted by atomic mass is 9.74. The Kier molecular flexibility index (Phi) is 6.49. The second-order valence-electron chi connectivity index (χ2n) is 10.9. The molecule has 5 rings (SSSR count). The normalized spacial score (nSPS) is 34.0. The average molecular weight is 529 g/mol. The van der Waals surface area contributed by atoms with E-state index in [-0.39, 0.29) is 31.6 Å². The van der Waals surface area contributed by atoms with Crippen LogP contribution in [0.15, 0.2) is 42.5 Å². The molecular formula is C28H33ClN2O6. The summed E-state index contributed by atoms with van der Waals surface area (Å²) in [5.74, 6) is -3.37. The van der Waals surface area contributed by atoms with Gasteiger partial charge in [0, 0.05) is 6.54 Å². The molecule has 1 N–H and O–H groups in total. The number of halogens is 1. The zero-order valence-corrected chi connectivity index (χ0v) is 22.3. The summed E-state index contributed by atoms with van der Waals surface area (Å²) in [5.41, 5.74) is -1.19. The summed E-state index contributed by atoms with van der Waals surface area (Å²) in [6.07, 6.45) is 7.83. The number of carbonyl (C=O) groups is 3. The van der Waals surface area contributed by atoms with Crippen LogP contribution in [0.1, 0.15) is 32.8 Å². The number of fused-ring (bicyclic) bond motifs is 2. The predicted octanol–water partition coefficient (Wildman–Crippen LogP) is 3.04. The summed E-state index contributed by atoms with van der Waals surface area (Å²) in [5, 5.41) is 10.8. The van der Waals surface area contributed by atoms with Crippen LogP contribution < -0.4 is 4.90 Å². The lowest BCUT2D eigenvalue weighted by Crippen LogP contribution is -2.60. The predicted molar refractivity (Wildman–Crippen MR) is 138 cm³/mol. The van der Waals surface area contributed by atoms with Gasteiger partial charge in [-0.2, -0.15) is 0 Å². The fraction of sp³-hybridized carbons (Fsp3) is 0.536. The van der Waals surface area contributed by atoms with Crippen molar-refractivity contribution < 1.29 is 29.0 Å². The molecule has 4 aliphatic rings. The summed E-state index contributed by atoms with van der Waals surface area (Å²) >= 11 is 6.58. The monoisotopic (exact) mass is 528 g/mol. The highest BCUT2D eigenvalue weighted by Gasteiger charge is 2.75. The maximum Gasteiger partial charge on any atom is 0.313 e. The fourth-order valence-corrected chi connectivity index (χ4v) is 6.89. The van der Waals surface area contributed by atoms with Crippen LogP contribution in [0.3, 0.4) is 0 Å². The van der Waals surface area contributed by atoms with Gasteiger partial charge in [0.1, 0.15) is 17.6 Å². The number of amides is 2. The molecule has 0 bridgehead atoms. The van der Waals surface area contributed by atoms with Gasteiger partial charge >= 0.3 is 5.97 Å². The van der Waals surface area contributed by atoms with Gasteiger partial charge in [0.2, 0.25) is 5.91 Å². The second kappa shape index (κ2) is 9.26. The summed E-state index contributed by atoms with van der Waals surface area (Å²) in [4.78, 5) is 45.2. The van der Waals surface area contributed by atoms with Gasteiger partial charge in [0.15, 0.2) is 0 Å². The summed E-state index contributed by atoms with van der Waals surface area (Å²) in [6.45, 7) is 7.51. The molecule has 0 aromatic heterocycles. The highest BCUT2D eigenvalue weighted by molar-refractivity contribution is 6.34. The number of aliphatic hydroxyl groups is 1. The van der Waals surface area contributed by atoms with Crippen molar-refractivity contribution in [2.24, 2.45) is 17.8 Å². The number of benzene rings is 1. The lowest BCUT2D eigenvalue weighted by Gasteiger charge is -2.41. The molecule has 4 heterocycles. The van der Waals surface area contributed by atoms with E-state index in [2.05, 4.69) is 0 Å². The standard InChI is InChI=1S/C28H33ClN2O6/c1-16(2)19(15-32)31-23-25(34)30(22-17(3)9-7-10-18(22)29)13-8-12-28(23)20(24(31)33)21-26(35)36-14-6-5-11-27(21,4)37-28/h5,7-12,16,19-21,23,32H,6,13-15H2,1-4H3/t19-,20-,21-,23?,27+,28-/m0/s1. The van der Waals surface area contributed by atoms with Crippen LogP contribution in [0.2, 0.25) is 5.02 Å². The first kappa shape index (κ1) is 25.9. The molecule has 8 nitrogen and oxygen atoms in total. The molecule has 2 fully saturated rings. The van der Waals surface area contributed by atoms with Crippen molar-refractivity contribution in [1.29, 1.82) is 0 Å². The number of para-hydroxylation sites is 1. The molecule has 0 aliphatic carbocycles. The molecule has 1 spiro atoms. The Hall–Kier alpha value is -2.68. The van der Waals surface area contributed by atoms with E-state index in [0.717, 1.165) is 5.56 Å². The molecule has 0 radical (unpaired) electrons. The van der Waals surface area contributed by atoms with Crippen molar-refractivity contribution in [3.05, 3.63) is 53.1 Å². The number of rotatable bonds is 4. The number of cyclic esters (lactones) is 1. The van der Waals surface area contributed by atoms with Gasteiger partial charge in [-0.1, -0.05) is 61.9 Å². The van der Waals surface area contributed by atoms with E-state index in [1.165, 1.54) is 4.90 Å². The van der Waals surface area contributed by atoms with Crippen LogP contribution in [0.25, 0.3) is 0 Å². The largest absolute Gasteiger partial charge is 0.465 e. The molecule has 1 aromatic rings. The maximum atomic E-state index is 14.5. The Morgan fingerprint density at radius 2 is 1.89 bits per heavy atom. The molecule has 198 valence electrons. The van der Waals surface area contributed by atoms with Crippen LogP contribution in [-0.4, -0.2) is 70.8 Å². The second-order valence-corrected chi connectivity index (χ2v) is 11.3. The number of carbonyl (C=O) groups excluding carboxylic acids is 3. The number of nitrogens with zero attached hydrogens (tertiary/aromatic N) is 2. The fourth-order valence-electron chi connectivity index (χ4n) is 6.57. The van der Waals surface area contributed by atoms with Gasteiger partial charge in [0.25, 0.3) is 5.91 Å². The Bertz CT molecular complexity index is 1180. The Balaban J connectivity index is 1.72. The average Bonchev–Trinajstić information content (AvgIpc) is 3.15. The summed E-state index contributed by atoms with van der Waals surface area (Å²) in [6, 6.07) is 3.66. The number of esters is 1. The number of aliphatic hydroxyl groups excluding tert-OH is 1. The van der Waals surface area contributed by atoms with Crippen molar-refractivity contribution >= 4 is 35.1 Å². The van der Waals surface area contributed by atoms with Gasteiger partial charge in [-0.3, -0.25) is 14.4 Å². The van der Waals surface area contributed by atoms with E-state index in [1.54, 1.807) is 24.0 Å². The van der Waals surface area contributed by atoms with Gasteiger partial charge < -0.3 is 24.4 Å². The van der Waals surface area contributed by atoms with Gasteiger partial charge in [-0.05, 0) is 37.8 Å². The van der Waals surface area contributed by atoms with Crippen molar-refractivity contribution in [3.8, 4) is 0 Å². The van der Waals surface area contributed by atoms with E-state index < -0.39 is 47.0 Å². The molecule has 9 heteroatoms. The Morgan fingerprint density at radius 3 is 2.57 bits per heavy atom. The van der Waals surface area contributed by atoms with E-state index in [4.69, 9.17) is 21.1 Å². The van der Waals surface area contributed by atoms with Crippen LogP contribution in [0.4, 0.5) is 5.69 Å². The van der Waals surface area contributed by atoms with Crippen LogP contribution in [-0.2, 0) is 23.9 Å². The number of ether oxygens (including phenoxy) is 2. The highest BCUT2D eigenvalue weighted by atomic mass is 35.5. The first-order chi connectivity index (χ1) is 17.6. The van der Waals surface area contributed by atoms with Crippen molar-refractivity contribution in [2.45, 2.75) is 57.4 Å². The number of hydrogen-bond donors (Lipinski definition) is 1. The number of hydrogen-bond acceptors (Lipinski definition) is 6. The smallest absolute Gasteiger partial charge is 0.313 e. The SMILES string of the molecule is Cc1cccc(Cl)c1N1CC=C[C@]23O[C@]4(C)C=CCCOC(=O)[C@@H]4[C@H]2C(=O)N([C@@H](CO)C(C)C)C3C1=O. The van der Waals surface area contributed by atoms with Crippen molar-refractivity contribution in [2.75, 3.05) is 24.7 Å². The van der Waals surface area contributed by atoms with Crippen LogP contribution >= 0.6 is 11.6 Å². The first-order valence-electron chi connectivity index (χ1n) is 12.8. The molecule has 2 amide bonds. The molecule has 0 saturated carbocycles. The van der Waals surface area contributed by atoms with E-state index in [0.29, 0.717) is 17.1 Å². The Labute approximate surface area is 221 Å². The third-order valence-corrected chi connectivity index (χ3v) is 8.53. The molecule has 37 heavy (non-hydrogen) atoms. The zero-order chi connectivity index (χ0) is 26.7. The van der Waals surface area contributed by atoms with Gasteiger partial charge in [-0.25, -0.2) is 0 Å². The lowest BCUT2D eigenvalue weighted by molar-refractivity contribution is -0.160. The van der Waals surface area contributed by atoms with E-state index in [1.807, 2.05) is 51.1 Å². The molecule has 2 saturated heterocycles. The van der Waals surface area contributed by atoms with Crippen molar-refractivity contribution in [1.82, 2.24) is 4.90 Å². The number of likely N-dealkylation sites (tertiary alicyclic amines) is 1. The van der Waals surface area contributed by atoms with E-state index in [9.17, 15) is 19.5 Å². The molecule has 1 unspecified atom stereocenters. The molecular weight excluding hydrogens is 496 g/mol. The number of anilines is 1. The van der Waals surface area contributed by atoms with Gasteiger partial charge in [0.05, 0.1) is 41.5 Å². The topological polar surface area (TPSA) is 96.4 Å². The van der Waals surface area contributed by atoms with Crippen molar-refractivity contribution in [3.63, 3.8) is 0 Å². The van der Waals surface area contributed by atoms with Gasteiger partial charge in [-0.15, -0.1) is 0 Å². The van der Waals surface area contributed by atoms with Crippen LogP contribution in [0.5, 0.6) is 0 Å². The van der Waals surface area contributed by atoms with Crippen LogP contribution in [0, 0.1) is 24.7 Å². The first-order valence-corrected chi connectivity index (χ1v) is 13.2. The Morgan fingerprint density at radius 1 is 1.14 bits per heavy atom. The quantitative estimate of drug-likeness (QED) is 0.476. The molecule has 1 aromatic carbocycles. The van der Waals surface area contributed by atoms with E-state index >= 15 is 0 Å². The minimum absolute atomic E-state index is 0.157. The molecule has 4 aliphatic heterocycles. The third-order valence-electron chi connectivity index (χ3n) is 8.23. The third kappa shape index (κ3) is 3.75. The zero-order valence-electron chi connectivity index (χ0n) is 21.5. The maximum absolute atomic E-state index is 14.5. The summed E-state index contributed by atoms with van der Waals surface area (Å²) in [7, 11) is 0. The minimum atomic E-state index is -1.42. The summed E-state index contributed by atoms with van der Waals surface area (Å²) < 4.78 is 12.3. The number of aryl methyl sites for hydroxylation is 1. The highest BCUT2D eigenvalue weighted by Crippen LogP contribution is 2.58. The minimum Gasteiger partial charge on any atom is -0.465 e.